The number of hydrogen-bond acceptors (Lipinski definition) is 11. The Balaban J connectivity index is 1.57. The highest BCUT2D eigenvalue weighted by Crippen LogP contribution is 2.32. The van der Waals surface area contributed by atoms with Crippen molar-refractivity contribution < 1.29 is 26.4 Å². The number of amides is 2. The van der Waals surface area contributed by atoms with Crippen LogP contribution in [-0.4, -0.2) is 60.5 Å². The molecule has 4 N–H and O–H groups in total. The van der Waals surface area contributed by atoms with Gasteiger partial charge in [-0.25, -0.2) is 36.4 Å². The van der Waals surface area contributed by atoms with E-state index in [4.69, 9.17) is 0 Å². The zero-order chi connectivity index (χ0) is 25.9. The van der Waals surface area contributed by atoms with Crippen molar-refractivity contribution in [1.82, 2.24) is 30.3 Å². The van der Waals surface area contributed by atoms with E-state index in [-0.39, 0.29) is 26.7 Å². The predicted molar refractivity (Wildman–Crippen MR) is 129 cm³/mol. The van der Waals surface area contributed by atoms with E-state index in [2.05, 4.69) is 41.0 Å². The summed E-state index contributed by atoms with van der Waals surface area (Å²) in [4.78, 5) is 29.7. The molecule has 2 aromatic heterocycles. The van der Waals surface area contributed by atoms with Crippen LogP contribution >= 0.6 is 11.3 Å². The second-order valence-corrected chi connectivity index (χ2v) is 12.9. The van der Waals surface area contributed by atoms with Crippen molar-refractivity contribution in [2.45, 2.75) is 41.6 Å². The number of Topliss-reactive ketones (excluding diaryl/α,β-unsaturated/α-hetero) is 1. The number of sulfonamides is 1. The zero-order valence-electron chi connectivity index (χ0n) is 18.9. The van der Waals surface area contributed by atoms with E-state index in [1.165, 1.54) is 0 Å². The highest BCUT2D eigenvalue weighted by atomic mass is 32.2. The van der Waals surface area contributed by atoms with Crippen molar-refractivity contribution in [3.05, 3.63) is 35.5 Å². The maximum Gasteiger partial charge on any atom is 0.325 e. The van der Waals surface area contributed by atoms with Crippen molar-refractivity contribution in [3.8, 4) is 0 Å². The lowest BCUT2D eigenvalue weighted by Crippen LogP contribution is -2.23. The molecule has 2 heterocycles. The number of aromatic amines is 1. The van der Waals surface area contributed by atoms with E-state index >= 15 is 0 Å². The van der Waals surface area contributed by atoms with E-state index in [0.717, 1.165) is 31.9 Å². The van der Waals surface area contributed by atoms with E-state index in [1.54, 1.807) is 24.3 Å². The molecule has 1 aromatic carbocycles. The summed E-state index contributed by atoms with van der Waals surface area (Å²) in [6, 6.07) is 5.86. The van der Waals surface area contributed by atoms with Gasteiger partial charge in [-0.3, -0.25) is 10.1 Å². The van der Waals surface area contributed by atoms with Gasteiger partial charge >= 0.3 is 6.03 Å². The van der Waals surface area contributed by atoms with Crippen LogP contribution in [0, 0.1) is 5.92 Å². The van der Waals surface area contributed by atoms with Crippen molar-refractivity contribution >= 4 is 53.8 Å². The molecule has 0 atom stereocenters. The van der Waals surface area contributed by atoms with Crippen molar-refractivity contribution in [2.75, 3.05) is 16.9 Å². The van der Waals surface area contributed by atoms with Gasteiger partial charge in [0.1, 0.15) is 0 Å². The normalized spacial score (nSPS) is 14.6. The Morgan fingerprint density at radius 3 is 2.50 bits per heavy atom. The Hall–Kier alpha value is -3.28. The van der Waals surface area contributed by atoms with Gasteiger partial charge in [0, 0.05) is 11.5 Å². The minimum atomic E-state index is -4.28. The summed E-state index contributed by atoms with van der Waals surface area (Å²) < 4.78 is 50.7. The number of hydrogen-bond donors (Lipinski definition) is 4. The molecule has 1 saturated carbocycles. The van der Waals surface area contributed by atoms with Crippen LogP contribution < -0.4 is 15.4 Å². The number of sulfone groups is 1. The number of nitrogens with one attached hydrogen (secondary N) is 4. The second-order valence-electron chi connectivity index (χ2n) is 8.03. The summed E-state index contributed by atoms with van der Waals surface area (Å²) in [7, 11) is -7.96. The van der Waals surface area contributed by atoms with Crippen LogP contribution in [0.5, 0.6) is 0 Å². The van der Waals surface area contributed by atoms with Crippen molar-refractivity contribution in [1.29, 1.82) is 0 Å². The first-order valence-corrected chi connectivity index (χ1v) is 14.9. The van der Waals surface area contributed by atoms with Crippen molar-refractivity contribution in [2.24, 2.45) is 5.92 Å². The van der Waals surface area contributed by atoms with Crippen LogP contribution in [0.2, 0.25) is 0 Å². The Labute approximate surface area is 210 Å². The molecule has 1 aliphatic carbocycles. The average molecular weight is 555 g/mol. The van der Waals surface area contributed by atoms with Crippen LogP contribution in [0.1, 0.15) is 41.7 Å². The smallest absolute Gasteiger partial charge is 0.307 e. The standard InChI is InChI=1S/C19H22N8O6S3/c1-35(30,31)20-10-14-16(36(32,33)19-24-26-27-25-19)34-18(22-14)23-17(29)21-13-9-5-4-8-12(13)15(28)11-6-2-3-7-11/h4-5,8-9,11,20H,2-3,6-7,10H2,1H3,(H2,21,22,23,29)(H,24,25,26,27). The molecule has 3 aromatic rings. The highest BCUT2D eigenvalue weighted by molar-refractivity contribution is 7.93. The molecule has 0 saturated heterocycles. The minimum Gasteiger partial charge on any atom is -0.307 e. The highest BCUT2D eigenvalue weighted by Gasteiger charge is 2.30. The number of urea groups is 1. The number of benzene rings is 1. The number of ketones is 1. The summed E-state index contributed by atoms with van der Waals surface area (Å²) in [5.41, 5.74) is 0.537. The van der Waals surface area contributed by atoms with Gasteiger partial charge in [-0.2, -0.15) is 0 Å². The first kappa shape index (κ1) is 25.8. The molecule has 192 valence electrons. The largest absolute Gasteiger partial charge is 0.325 e. The van der Waals surface area contributed by atoms with Gasteiger partial charge in [-0.15, -0.1) is 0 Å². The molecule has 17 heteroatoms. The van der Waals surface area contributed by atoms with Gasteiger partial charge in [0.2, 0.25) is 10.0 Å². The maximum atomic E-state index is 12.9. The Morgan fingerprint density at radius 1 is 1.11 bits per heavy atom. The first-order chi connectivity index (χ1) is 17.0. The molecule has 0 unspecified atom stereocenters. The number of thiazole rings is 1. The Bertz CT molecular complexity index is 1480. The molecule has 2 amide bonds. The summed E-state index contributed by atoms with van der Waals surface area (Å²) in [5.74, 6) is -0.126. The van der Waals surface area contributed by atoms with Crippen LogP contribution in [0.25, 0.3) is 0 Å². The number of tetrazole rings is 1. The molecule has 36 heavy (non-hydrogen) atoms. The lowest BCUT2D eigenvalue weighted by molar-refractivity contribution is 0.0923. The molecule has 14 nitrogen and oxygen atoms in total. The number of para-hydroxylation sites is 1. The molecular weight excluding hydrogens is 532 g/mol. The van der Waals surface area contributed by atoms with E-state index < -0.39 is 37.6 Å². The summed E-state index contributed by atoms with van der Waals surface area (Å²) in [6.07, 6.45) is 4.50. The Morgan fingerprint density at radius 2 is 1.83 bits per heavy atom. The van der Waals surface area contributed by atoms with Crippen LogP contribution in [0.15, 0.2) is 33.6 Å². The molecule has 1 aliphatic rings. The quantitative estimate of drug-likeness (QED) is 0.281. The fraction of sp³-hybridized carbons (Fsp3) is 0.368. The van der Waals surface area contributed by atoms with Crippen LogP contribution in [0.4, 0.5) is 15.6 Å². The number of carbonyl (C=O) groups excluding carboxylic acids is 2. The third kappa shape index (κ3) is 5.92. The topological polar surface area (TPSA) is 206 Å². The van der Waals surface area contributed by atoms with Crippen LogP contribution in [-0.2, 0) is 26.4 Å². The number of aromatic nitrogens is 5. The lowest BCUT2D eigenvalue weighted by atomic mass is 9.95. The fourth-order valence-electron chi connectivity index (χ4n) is 3.73. The second kappa shape index (κ2) is 10.4. The number of nitrogens with zero attached hydrogens (tertiary/aromatic N) is 4. The summed E-state index contributed by atoms with van der Waals surface area (Å²) in [5, 5.41) is 16.4. The molecule has 0 radical (unpaired) electrons. The lowest BCUT2D eigenvalue weighted by Gasteiger charge is -2.13. The predicted octanol–water partition coefficient (Wildman–Crippen LogP) is 1.56. The van der Waals surface area contributed by atoms with Gasteiger partial charge in [0.15, 0.2) is 15.1 Å². The number of rotatable bonds is 9. The third-order valence-electron chi connectivity index (χ3n) is 5.37. The number of anilines is 2. The maximum absolute atomic E-state index is 12.9. The minimum absolute atomic E-state index is 0.0409. The van der Waals surface area contributed by atoms with Gasteiger partial charge < -0.3 is 5.32 Å². The van der Waals surface area contributed by atoms with E-state index in [1.807, 2.05) is 0 Å². The molecule has 0 spiro atoms. The molecule has 0 aliphatic heterocycles. The SMILES string of the molecule is CS(=O)(=O)NCc1nc(NC(=O)Nc2ccccc2C(=O)C2CCCC2)sc1S(=O)(=O)c1nnn[nH]1. The Kier molecular flexibility index (Phi) is 7.43. The van der Waals surface area contributed by atoms with Gasteiger partial charge in [0.05, 0.1) is 24.2 Å². The van der Waals surface area contributed by atoms with Crippen LogP contribution in [0.3, 0.4) is 0 Å². The first-order valence-electron chi connectivity index (χ1n) is 10.7. The number of carbonyl (C=O) groups is 2. The summed E-state index contributed by atoms with van der Waals surface area (Å²) >= 11 is 0.597. The average Bonchev–Trinajstić information content (AvgIpc) is 3.59. The van der Waals surface area contributed by atoms with Crippen molar-refractivity contribution in [3.63, 3.8) is 0 Å². The molecule has 1 fully saturated rings. The monoisotopic (exact) mass is 554 g/mol. The zero-order valence-corrected chi connectivity index (χ0v) is 21.3. The van der Waals surface area contributed by atoms with Gasteiger partial charge in [0.25, 0.3) is 15.0 Å². The summed E-state index contributed by atoms with van der Waals surface area (Å²) in [6.45, 7) is -0.451. The van der Waals surface area contributed by atoms with E-state index in [0.29, 0.717) is 22.6 Å². The fourth-order valence-corrected chi connectivity index (χ4v) is 6.66. The van der Waals surface area contributed by atoms with Gasteiger partial charge in [-0.05, 0) is 35.4 Å². The van der Waals surface area contributed by atoms with E-state index in [9.17, 15) is 26.4 Å². The van der Waals surface area contributed by atoms with Gasteiger partial charge in [-0.1, -0.05) is 41.4 Å². The number of H-pyrrole nitrogens is 1. The molecule has 0 bridgehead atoms. The molecular formula is C19H22N8O6S3. The molecule has 4 rings (SSSR count). The third-order valence-corrected chi connectivity index (χ3v) is 9.17.